The average Bonchev–Trinajstić information content (AvgIpc) is 3.03. The van der Waals surface area contributed by atoms with Gasteiger partial charge < -0.3 is 10.2 Å². The number of hydrogen-bond acceptors (Lipinski definition) is 6. The van der Waals surface area contributed by atoms with E-state index < -0.39 is 4.92 Å². The van der Waals surface area contributed by atoms with Crippen molar-refractivity contribution < 1.29 is 9.72 Å². The van der Waals surface area contributed by atoms with Crippen molar-refractivity contribution in [3.8, 4) is 0 Å². The third kappa shape index (κ3) is 3.48. The molecule has 2 aromatic heterocycles. The van der Waals surface area contributed by atoms with Crippen LogP contribution in [0.5, 0.6) is 0 Å². The molecule has 0 aromatic carbocycles. The summed E-state index contributed by atoms with van der Waals surface area (Å²) in [5, 5.41) is 13.8. The highest BCUT2D eigenvalue weighted by molar-refractivity contribution is 5.92. The maximum Gasteiger partial charge on any atom is 0.287 e. The summed E-state index contributed by atoms with van der Waals surface area (Å²) < 4.78 is 0. The van der Waals surface area contributed by atoms with Crippen molar-refractivity contribution in [1.29, 1.82) is 0 Å². The molecule has 0 unspecified atom stereocenters. The number of pyridine rings is 2. The molecule has 2 aromatic rings. The van der Waals surface area contributed by atoms with Gasteiger partial charge in [-0.15, -0.1) is 0 Å². The topological polar surface area (TPSA) is 101 Å². The van der Waals surface area contributed by atoms with Crippen molar-refractivity contribution in [2.45, 2.75) is 19.4 Å². The summed E-state index contributed by atoms with van der Waals surface area (Å²) in [6.07, 6.45) is 2.01. The van der Waals surface area contributed by atoms with Crippen molar-refractivity contribution in [2.24, 2.45) is 0 Å². The summed E-state index contributed by atoms with van der Waals surface area (Å²) in [5.74, 6) is 0.480. The second kappa shape index (κ2) is 6.61. The maximum atomic E-state index is 12.5. The monoisotopic (exact) mass is 327 g/mol. The van der Waals surface area contributed by atoms with E-state index >= 15 is 0 Å². The molecule has 1 aliphatic rings. The number of aromatic nitrogens is 2. The molecule has 3 heterocycles. The molecule has 0 spiro atoms. The first-order chi connectivity index (χ1) is 11.5. The smallest absolute Gasteiger partial charge is 0.287 e. The Hall–Kier alpha value is -3.03. The van der Waals surface area contributed by atoms with Crippen LogP contribution in [0.2, 0.25) is 0 Å². The fourth-order valence-corrected chi connectivity index (χ4v) is 2.68. The standard InChI is InChI=1S/C16H17N5O3/c1-11-3-2-4-14(18-11)16(22)20-8-7-12(10-20)19-15-6-5-13(9-17-15)21(23)24/h2-6,9,12H,7-8,10H2,1H3,(H,17,19)/t12-/m1/s1. The van der Waals surface area contributed by atoms with Gasteiger partial charge in [0.1, 0.15) is 17.7 Å². The molecule has 8 nitrogen and oxygen atoms in total. The van der Waals surface area contributed by atoms with Gasteiger partial charge in [0, 0.05) is 30.9 Å². The fraction of sp³-hybridized carbons (Fsp3) is 0.312. The van der Waals surface area contributed by atoms with Crippen molar-refractivity contribution in [3.05, 3.63) is 58.0 Å². The summed E-state index contributed by atoms with van der Waals surface area (Å²) in [6.45, 7) is 3.04. The zero-order valence-corrected chi connectivity index (χ0v) is 13.2. The quantitative estimate of drug-likeness (QED) is 0.681. The Morgan fingerprint density at radius 2 is 2.21 bits per heavy atom. The Morgan fingerprint density at radius 1 is 1.38 bits per heavy atom. The van der Waals surface area contributed by atoms with Gasteiger partial charge in [-0.05, 0) is 31.5 Å². The SMILES string of the molecule is Cc1cccc(C(=O)N2CC[C@@H](Nc3ccc([N+](=O)[O-])cn3)C2)n1. The first kappa shape index (κ1) is 15.9. The second-order valence-electron chi connectivity index (χ2n) is 5.70. The number of rotatable bonds is 4. The molecule has 1 aliphatic heterocycles. The van der Waals surface area contributed by atoms with Crippen LogP contribution in [0.4, 0.5) is 11.5 Å². The molecule has 0 radical (unpaired) electrons. The third-order valence-electron chi connectivity index (χ3n) is 3.89. The van der Waals surface area contributed by atoms with Crippen LogP contribution in [-0.4, -0.2) is 44.8 Å². The van der Waals surface area contributed by atoms with Crippen molar-refractivity contribution in [1.82, 2.24) is 14.9 Å². The number of anilines is 1. The minimum absolute atomic E-state index is 0.0469. The lowest BCUT2D eigenvalue weighted by molar-refractivity contribution is -0.385. The molecule has 0 saturated carbocycles. The largest absolute Gasteiger partial charge is 0.365 e. The minimum atomic E-state index is -0.485. The second-order valence-corrected chi connectivity index (χ2v) is 5.70. The Morgan fingerprint density at radius 3 is 2.88 bits per heavy atom. The predicted octanol–water partition coefficient (Wildman–Crippen LogP) is 2.02. The molecule has 1 atom stereocenters. The number of nitro groups is 1. The van der Waals surface area contributed by atoms with Crippen LogP contribution in [0.3, 0.4) is 0 Å². The van der Waals surface area contributed by atoms with Crippen LogP contribution in [0.1, 0.15) is 22.6 Å². The minimum Gasteiger partial charge on any atom is -0.365 e. The summed E-state index contributed by atoms with van der Waals surface area (Å²) in [5.41, 5.74) is 1.21. The van der Waals surface area contributed by atoms with Crippen LogP contribution in [0.25, 0.3) is 0 Å². The molecule has 0 aliphatic carbocycles. The van der Waals surface area contributed by atoms with Crippen LogP contribution in [0, 0.1) is 17.0 Å². The van der Waals surface area contributed by atoms with Gasteiger partial charge in [-0.25, -0.2) is 9.97 Å². The summed E-state index contributed by atoms with van der Waals surface area (Å²) in [7, 11) is 0. The lowest BCUT2D eigenvalue weighted by Gasteiger charge is -2.17. The number of aryl methyl sites for hydroxylation is 1. The molecular weight excluding hydrogens is 310 g/mol. The normalized spacial score (nSPS) is 16.9. The van der Waals surface area contributed by atoms with E-state index in [1.54, 1.807) is 17.0 Å². The van der Waals surface area contributed by atoms with Crippen LogP contribution >= 0.6 is 0 Å². The number of carbonyl (C=O) groups excluding carboxylic acids is 1. The van der Waals surface area contributed by atoms with Gasteiger partial charge in [0.05, 0.1) is 4.92 Å². The van der Waals surface area contributed by atoms with Crippen molar-refractivity contribution >= 4 is 17.4 Å². The number of hydrogen-bond donors (Lipinski definition) is 1. The maximum absolute atomic E-state index is 12.5. The first-order valence-electron chi connectivity index (χ1n) is 7.63. The van der Waals surface area contributed by atoms with E-state index in [1.165, 1.54) is 12.3 Å². The molecule has 8 heteroatoms. The molecule has 1 saturated heterocycles. The van der Waals surface area contributed by atoms with Gasteiger partial charge in [0.25, 0.3) is 11.6 Å². The zero-order chi connectivity index (χ0) is 17.1. The Kier molecular flexibility index (Phi) is 4.37. The van der Waals surface area contributed by atoms with E-state index in [-0.39, 0.29) is 17.6 Å². The molecule has 24 heavy (non-hydrogen) atoms. The highest BCUT2D eigenvalue weighted by Crippen LogP contribution is 2.18. The highest BCUT2D eigenvalue weighted by atomic mass is 16.6. The molecule has 1 N–H and O–H groups in total. The third-order valence-corrected chi connectivity index (χ3v) is 3.89. The van der Waals surface area contributed by atoms with E-state index in [4.69, 9.17) is 0 Å². The average molecular weight is 327 g/mol. The number of nitrogens with one attached hydrogen (secondary N) is 1. The lowest BCUT2D eigenvalue weighted by atomic mass is 10.2. The van der Waals surface area contributed by atoms with E-state index in [9.17, 15) is 14.9 Å². The fourth-order valence-electron chi connectivity index (χ4n) is 2.68. The summed E-state index contributed by atoms with van der Waals surface area (Å²) in [6, 6.07) is 8.43. The van der Waals surface area contributed by atoms with Gasteiger partial charge in [-0.1, -0.05) is 6.07 Å². The Bertz CT molecular complexity index is 763. The van der Waals surface area contributed by atoms with Crippen molar-refractivity contribution in [2.75, 3.05) is 18.4 Å². The molecular formula is C16H17N5O3. The van der Waals surface area contributed by atoms with E-state index in [0.29, 0.717) is 24.6 Å². The lowest BCUT2D eigenvalue weighted by Crippen LogP contribution is -2.32. The molecule has 0 bridgehead atoms. The highest BCUT2D eigenvalue weighted by Gasteiger charge is 2.27. The first-order valence-corrected chi connectivity index (χ1v) is 7.63. The molecule has 3 rings (SSSR count). The van der Waals surface area contributed by atoms with E-state index in [2.05, 4.69) is 15.3 Å². The van der Waals surface area contributed by atoms with Crippen LogP contribution < -0.4 is 5.32 Å². The molecule has 1 amide bonds. The van der Waals surface area contributed by atoms with Crippen LogP contribution in [0.15, 0.2) is 36.5 Å². The summed E-state index contributed by atoms with van der Waals surface area (Å²) >= 11 is 0. The number of likely N-dealkylation sites (tertiary alicyclic amines) is 1. The van der Waals surface area contributed by atoms with Gasteiger partial charge >= 0.3 is 0 Å². The Balaban J connectivity index is 1.61. The Labute approximate surface area is 138 Å². The van der Waals surface area contributed by atoms with Gasteiger partial charge in [0.15, 0.2) is 0 Å². The van der Waals surface area contributed by atoms with Crippen molar-refractivity contribution in [3.63, 3.8) is 0 Å². The van der Waals surface area contributed by atoms with Gasteiger partial charge in [-0.3, -0.25) is 14.9 Å². The summed E-state index contributed by atoms with van der Waals surface area (Å²) in [4.78, 5) is 32.7. The van der Waals surface area contributed by atoms with Gasteiger partial charge in [0.2, 0.25) is 0 Å². The molecule has 1 fully saturated rings. The predicted molar refractivity (Wildman–Crippen MR) is 87.8 cm³/mol. The molecule has 124 valence electrons. The zero-order valence-electron chi connectivity index (χ0n) is 13.2. The van der Waals surface area contributed by atoms with Crippen LogP contribution in [-0.2, 0) is 0 Å². The number of nitrogens with zero attached hydrogens (tertiary/aromatic N) is 4. The van der Waals surface area contributed by atoms with Gasteiger partial charge in [-0.2, -0.15) is 0 Å². The van der Waals surface area contributed by atoms with E-state index in [1.807, 2.05) is 19.1 Å². The number of carbonyl (C=O) groups is 1. The number of amides is 1. The van der Waals surface area contributed by atoms with E-state index in [0.717, 1.165) is 12.1 Å².